The monoisotopic (exact) mass is 365 g/mol. The van der Waals surface area contributed by atoms with Gasteiger partial charge in [0.25, 0.3) is 0 Å². The molecule has 0 N–H and O–H groups in total. The number of para-hydroxylation sites is 1. The molecule has 1 aliphatic heterocycles. The fourth-order valence-corrected chi connectivity index (χ4v) is 3.17. The number of hydrogen-bond acceptors (Lipinski definition) is 5. The average Bonchev–Trinajstić information content (AvgIpc) is 3.11. The van der Waals surface area contributed by atoms with Crippen LogP contribution in [0.4, 0.5) is 0 Å². The summed E-state index contributed by atoms with van der Waals surface area (Å²) in [5.41, 5.74) is 3.71. The second-order valence-electron chi connectivity index (χ2n) is 6.48. The van der Waals surface area contributed by atoms with Crippen LogP contribution >= 0.6 is 0 Å². The predicted octanol–water partition coefficient (Wildman–Crippen LogP) is 2.21. The van der Waals surface area contributed by atoms with Crippen molar-refractivity contribution >= 4 is 17.6 Å². The van der Waals surface area contributed by atoms with Crippen molar-refractivity contribution in [2.24, 2.45) is 5.10 Å². The zero-order valence-corrected chi connectivity index (χ0v) is 15.3. The van der Waals surface area contributed by atoms with Crippen molar-refractivity contribution in [2.75, 3.05) is 7.11 Å². The molecule has 1 heterocycles. The molecular weight excluding hydrogens is 344 g/mol. The molecule has 0 aliphatic carbocycles. The Balaban J connectivity index is 1.94. The summed E-state index contributed by atoms with van der Waals surface area (Å²) in [5, 5.41) is 16.7. The molecule has 0 saturated heterocycles. The fraction of sp³-hybridized carbons (Fsp3) is 0.286. The van der Waals surface area contributed by atoms with Gasteiger partial charge in [-0.25, -0.2) is 5.01 Å². The summed E-state index contributed by atoms with van der Waals surface area (Å²) in [7, 11) is 1.58. The zero-order valence-electron chi connectivity index (χ0n) is 15.3. The maximum Gasteiger partial charge on any atom is 0.243 e. The number of amides is 1. The molecular formula is C21H21N2O4-. The number of carbonyl (C=O) groups excluding carboxylic acids is 2. The third-order valence-electron chi connectivity index (χ3n) is 4.59. The lowest BCUT2D eigenvalue weighted by atomic mass is 9.97. The highest BCUT2D eigenvalue weighted by atomic mass is 16.5. The van der Waals surface area contributed by atoms with Crippen LogP contribution in [-0.2, 0) is 9.59 Å². The predicted molar refractivity (Wildman–Crippen MR) is 99.2 cm³/mol. The van der Waals surface area contributed by atoms with E-state index >= 15 is 0 Å². The molecule has 6 nitrogen and oxygen atoms in total. The van der Waals surface area contributed by atoms with Gasteiger partial charge in [0, 0.05) is 24.4 Å². The van der Waals surface area contributed by atoms with Crippen LogP contribution in [-0.4, -0.2) is 29.7 Å². The molecule has 0 fully saturated rings. The van der Waals surface area contributed by atoms with Gasteiger partial charge in [-0.2, -0.15) is 5.10 Å². The van der Waals surface area contributed by atoms with Crippen LogP contribution in [0.1, 0.15) is 42.0 Å². The topological polar surface area (TPSA) is 82.0 Å². The van der Waals surface area contributed by atoms with Crippen LogP contribution in [0.5, 0.6) is 5.75 Å². The zero-order chi connectivity index (χ0) is 19.4. The third kappa shape index (κ3) is 4.16. The van der Waals surface area contributed by atoms with Gasteiger partial charge in [-0.15, -0.1) is 0 Å². The minimum Gasteiger partial charge on any atom is -0.550 e. The molecule has 1 aliphatic rings. The van der Waals surface area contributed by atoms with Crippen molar-refractivity contribution in [1.82, 2.24) is 5.01 Å². The summed E-state index contributed by atoms with van der Waals surface area (Å²) < 4.78 is 5.45. The highest BCUT2D eigenvalue weighted by molar-refractivity contribution is 6.03. The minimum atomic E-state index is -1.25. The number of methoxy groups -OCH3 is 1. The van der Waals surface area contributed by atoms with Gasteiger partial charge < -0.3 is 14.6 Å². The highest BCUT2D eigenvalue weighted by Crippen LogP contribution is 2.37. The van der Waals surface area contributed by atoms with E-state index in [0.29, 0.717) is 12.2 Å². The van der Waals surface area contributed by atoms with E-state index in [4.69, 9.17) is 4.74 Å². The van der Waals surface area contributed by atoms with Crippen molar-refractivity contribution in [3.05, 3.63) is 65.2 Å². The molecule has 2 aromatic carbocycles. The van der Waals surface area contributed by atoms with Crippen LogP contribution in [0.15, 0.2) is 53.6 Å². The molecule has 1 atom stereocenters. The largest absolute Gasteiger partial charge is 0.550 e. The Morgan fingerprint density at radius 3 is 2.52 bits per heavy atom. The number of rotatable bonds is 6. The second kappa shape index (κ2) is 8.03. The summed E-state index contributed by atoms with van der Waals surface area (Å²) in [6.07, 6.45) is 0.0442. The molecule has 0 radical (unpaired) electrons. The SMILES string of the molecule is COc1ccccc1[C@@H]1CC(c2ccc(C)cc2)=NN1C(=O)CCC(=O)[O-]. The van der Waals surface area contributed by atoms with E-state index < -0.39 is 5.97 Å². The Kier molecular flexibility index (Phi) is 5.54. The summed E-state index contributed by atoms with van der Waals surface area (Å²) in [6, 6.07) is 15.1. The van der Waals surface area contributed by atoms with Gasteiger partial charge in [0.2, 0.25) is 5.91 Å². The maximum absolute atomic E-state index is 12.7. The summed E-state index contributed by atoms with van der Waals surface area (Å²) >= 11 is 0. The molecule has 1 amide bonds. The number of hydrazone groups is 1. The number of hydrogen-bond donors (Lipinski definition) is 0. The number of aliphatic carboxylic acids is 1. The first kappa shape index (κ1) is 18.6. The quantitative estimate of drug-likeness (QED) is 0.786. The molecule has 0 bridgehead atoms. The Morgan fingerprint density at radius 2 is 1.85 bits per heavy atom. The lowest BCUT2D eigenvalue weighted by Crippen LogP contribution is -2.30. The first-order valence-corrected chi connectivity index (χ1v) is 8.79. The minimum absolute atomic E-state index is 0.154. The van der Waals surface area contributed by atoms with Crippen molar-refractivity contribution < 1.29 is 19.4 Å². The fourth-order valence-electron chi connectivity index (χ4n) is 3.17. The molecule has 6 heteroatoms. The Hall–Kier alpha value is -3.15. The summed E-state index contributed by atoms with van der Waals surface area (Å²) in [4.78, 5) is 23.4. The van der Waals surface area contributed by atoms with Gasteiger partial charge in [0.15, 0.2) is 0 Å². The Morgan fingerprint density at radius 1 is 1.15 bits per heavy atom. The molecule has 2 aromatic rings. The van der Waals surface area contributed by atoms with E-state index in [0.717, 1.165) is 22.4 Å². The molecule has 0 aromatic heterocycles. The van der Waals surface area contributed by atoms with Gasteiger partial charge >= 0.3 is 0 Å². The number of carboxylic acids is 1. The van der Waals surface area contributed by atoms with Gasteiger partial charge in [0.1, 0.15) is 5.75 Å². The van der Waals surface area contributed by atoms with Gasteiger partial charge in [-0.3, -0.25) is 4.79 Å². The average molecular weight is 365 g/mol. The van der Waals surface area contributed by atoms with Crippen molar-refractivity contribution in [3.63, 3.8) is 0 Å². The van der Waals surface area contributed by atoms with E-state index in [1.54, 1.807) is 7.11 Å². The molecule has 140 valence electrons. The van der Waals surface area contributed by atoms with Crippen LogP contribution < -0.4 is 9.84 Å². The van der Waals surface area contributed by atoms with E-state index in [9.17, 15) is 14.7 Å². The van der Waals surface area contributed by atoms with Crippen LogP contribution in [0.2, 0.25) is 0 Å². The van der Waals surface area contributed by atoms with Crippen molar-refractivity contribution in [1.29, 1.82) is 0 Å². The Bertz CT molecular complexity index is 874. The van der Waals surface area contributed by atoms with E-state index in [1.807, 2.05) is 55.5 Å². The van der Waals surface area contributed by atoms with E-state index in [2.05, 4.69) is 5.10 Å². The first-order chi connectivity index (χ1) is 13.0. The molecule has 27 heavy (non-hydrogen) atoms. The lowest BCUT2D eigenvalue weighted by molar-refractivity contribution is -0.305. The molecule has 0 saturated carbocycles. The molecule has 3 rings (SSSR count). The molecule has 0 spiro atoms. The lowest BCUT2D eigenvalue weighted by Gasteiger charge is -2.23. The van der Waals surface area contributed by atoms with E-state index in [1.165, 1.54) is 5.01 Å². The van der Waals surface area contributed by atoms with Gasteiger partial charge in [0.05, 0.1) is 18.9 Å². The number of ether oxygens (including phenoxy) is 1. The van der Waals surface area contributed by atoms with E-state index in [-0.39, 0.29) is 24.8 Å². The number of nitrogens with zero attached hydrogens (tertiary/aromatic N) is 2. The smallest absolute Gasteiger partial charge is 0.243 e. The standard InChI is InChI=1S/C21H22N2O4/c1-14-7-9-15(10-8-14)17-13-18(16-5-3-4-6-19(16)27-2)23(22-17)20(24)11-12-21(25)26/h3-10,18H,11-13H2,1-2H3,(H,25,26)/p-1/t18-/m0/s1. The second-order valence-corrected chi connectivity index (χ2v) is 6.48. The third-order valence-corrected chi connectivity index (χ3v) is 4.59. The maximum atomic E-state index is 12.7. The van der Waals surface area contributed by atoms with Gasteiger partial charge in [-0.05, 0) is 25.0 Å². The summed E-state index contributed by atoms with van der Waals surface area (Å²) in [6.45, 7) is 2.01. The van der Waals surface area contributed by atoms with Crippen LogP contribution in [0.25, 0.3) is 0 Å². The highest BCUT2D eigenvalue weighted by Gasteiger charge is 2.34. The Labute approximate surface area is 158 Å². The first-order valence-electron chi connectivity index (χ1n) is 8.79. The summed E-state index contributed by atoms with van der Waals surface area (Å²) in [5.74, 6) is -0.933. The van der Waals surface area contributed by atoms with Gasteiger partial charge in [-0.1, -0.05) is 48.0 Å². The van der Waals surface area contributed by atoms with Crippen molar-refractivity contribution in [2.45, 2.75) is 32.2 Å². The van der Waals surface area contributed by atoms with Crippen LogP contribution in [0, 0.1) is 6.92 Å². The molecule has 0 unspecified atom stereocenters. The number of aryl methyl sites for hydroxylation is 1. The van der Waals surface area contributed by atoms with Crippen LogP contribution in [0.3, 0.4) is 0 Å². The number of carbonyl (C=O) groups is 2. The normalized spacial score (nSPS) is 16.1. The number of benzene rings is 2. The van der Waals surface area contributed by atoms with Crippen molar-refractivity contribution in [3.8, 4) is 5.75 Å². The number of carboxylic acid groups (broad SMARTS) is 1.